The zero-order valence-corrected chi connectivity index (χ0v) is 10.3. The van der Waals surface area contributed by atoms with Gasteiger partial charge in [0.15, 0.2) is 0 Å². The minimum atomic E-state index is 0.508. The van der Waals surface area contributed by atoms with Gasteiger partial charge in [0.05, 0.1) is 12.2 Å². The van der Waals surface area contributed by atoms with Crippen LogP contribution in [-0.4, -0.2) is 36.8 Å². The number of nitrogens with zero attached hydrogens (tertiary/aromatic N) is 2. The summed E-state index contributed by atoms with van der Waals surface area (Å²) >= 11 is 0. The fourth-order valence-corrected chi connectivity index (χ4v) is 1.33. The number of aryl methyl sites for hydroxylation is 1. The van der Waals surface area contributed by atoms with Crippen LogP contribution in [0.15, 0.2) is 0 Å². The van der Waals surface area contributed by atoms with Gasteiger partial charge >= 0.3 is 0 Å². The van der Waals surface area contributed by atoms with E-state index in [0.717, 1.165) is 11.4 Å². The molecule has 0 bridgehead atoms. The molecule has 5 nitrogen and oxygen atoms in total. The lowest BCUT2D eigenvalue weighted by atomic mass is 10.3. The Morgan fingerprint density at radius 3 is 2.56 bits per heavy atom. The van der Waals surface area contributed by atoms with Crippen molar-refractivity contribution in [3.05, 3.63) is 11.4 Å². The number of ether oxygens (including phenoxy) is 2. The second kappa shape index (κ2) is 6.27. The minimum Gasteiger partial charge on any atom is -0.475 e. The van der Waals surface area contributed by atoms with Crippen LogP contribution in [0.25, 0.3) is 0 Å². The third-order valence-electron chi connectivity index (χ3n) is 2.12. The predicted molar refractivity (Wildman–Crippen MR) is 63.0 cm³/mol. The van der Waals surface area contributed by atoms with Gasteiger partial charge in [-0.15, -0.1) is 0 Å². The second-order valence-electron chi connectivity index (χ2n) is 3.34. The van der Waals surface area contributed by atoms with Crippen molar-refractivity contribution < 1.29 is 9.47 Å². The maximum Gasteiger partial charge on any atom is 0.221 e. The molecule has 0 aromatic carbocycles. The van der Waals surface area contributed by atoms with Crippen LogP contribution >= 0.6 is 0 Å². The maximum absolute atomic E-state index is 5.55. The fourth-order valence-electron chi connectivity index (χ4n) is 1.33. The highest BCUT2D eigenvalue weighted by molar-refractivity contribution is 5.47. The normalized spacial score (nSPS) is 10.2. The molecular formula is C11H19N3O2. The zero-order chi connectivity index (χ0) is 12.0. The van der Waals surface area contributed by atoms with Crippen LogP contribution in [0.2, 0.25) is 0 Å². The number of hydrogen-bond acceptors (Lipinski definition) is 5. The number of anilines is 1. The molecule has 0 aliphatic carbocycles. The molecule has 5 heteroatoms. The molecule has 1 heterocycles. The highest BCUT2D eigenvalue weighted by Crippen LogP contribution is 2.21. The van der Waals surface area contributed by atoms with E-state index < -0.39 is 0 Å². The van der Waals surface area contributed by atoms with Gasteiger partial charge in [0.25, 0.3) is 0 Å². The predicted octanol–water partition coefficient (Wildman–Crippen LogP) is 1.55. The summed E-state index contributed by atoms with van der Waals surface area (Å²) in [5.74, 6) is 2.12. The Labute approximate surface area is 96.2 Å². The van der Waals surface area contributed by atoms with Gasteiger partial charge in [-0.3, -0.25) is 0 Å². The Kier molecular flexibility index (Phi) is 4.98. The standard InChI is InChI=1S/C11H19N3O2/c1-5-15-6-7-16-11-8(2)10(12-4)13-9(3)14-11/h5-7H2,1-4H3,(H,12,13,14). The van der Waals surface area contributed by atoms with Gasteiger partial charge in [-0.05, 0) is 20.8 Å². The van der Waals surface area contributed by atoms with E-state index in [9.17, 15) is 0 Å². The fraction of sp³-hybridized carbons (Fsp3) is 0.636. The van der Waals surface area contributed by atoms with Crippen LogP contribution in [0.5, 0.6) is 5.88 Å². The summed E-state index contributed by atoms with van der Waals surface area (Å²) in [5, 5.41) is 3.02. The summed E-state index contributed by atoms with van der Waals surface area (Å²) in [7, 11) is 1.83. The monoisotopic (exact) mass is 225 g/mol. The average molecular weight is 225 g/mol. The van der Waals surface area contributed by atoms with E-state index in [1.165, 1.54) is 0 Å². The van der Waals surface area contributed by atoms with Crippen LogP contribution in [0.3, 0.4) is 0 Å². The molecule has 0 fully saturated rings. The molecule has 1 N–H and O–H groups in total. The van der Waals surface area contributed by atoms with Crippen LogP contribution < -0.4 is 10.1 Å². The summed E-state index contributed by atoms with van der Waals surface area (Å²) in [6.45, 7) is 7.52. The van der Waals surface area contributed by atoms with Gasteiger partial charge in [0.1, 0.15) is 18.2 Å². The van der Waals surface area contributed by atoms with Crippen molar-refractivity contribution in [1.29, 1.82) is 0 Å². The molecular weight excluding hydrogens is 206 g/mol. The first kappa shape index (κ1) is 12.7. The number of nitrogens with one attached hydrogen (secondary N) is 1. The highest BCUT2D eigenvalue weighted by Gasteiger charge is 2.08. The van der Waals surface area contributed by atoms with E-state index in [-0.39, 0.29) is 0 Å². The molecule has 16 heavy (non-hydrogen) atoms. The summed E-state index contributed by atoms with van der Waals surface area (Å²) in [5.41, 5.74) is 0.921. The Bertz CT molecular complexity index is 342. The largest absolute Gasteiger partial charge is 0.475 e. The molecule has 0 saturated heterocycles. The van der Waals surface area contributed by atoms with E-state index >= 15 is 0 Å². The quantitative estimate of drug-likeness (QED) is 0.744. The van der Waals surface area contributed by atoms with Gasteiger partial charge in [0, 0.05) is 13.7 Å². The van der Waals surface area contributed by atoms with E-state index in [4.69, 9.17) is 9.47 Å². The van der Waals surface area contributed by atoms with E-state index in [1.807, 2.05) is 27.8 Å². The van der Waals surface area contributed by atoms with Crippen LogP contribution in [-0.2, 0) is 4.74 Å². The van der Waals surface area contributed by atoms with Crippen molar-refractivity contribution in [2.45, 2.75) is 20.8 Å². The van der Waals surface area contributed by atoms with E-state index in [1.54, 1.807) is 0 Å². The van der Waals surface area contributed by atoms with Crippen molar-refractivity contribution in [2.75, 3.05) is 32.2 Å². The number of rotatable bonds is 6. The lowest BCUT2D eigenvalue weighted by Crippen LogP contribution is -2.10. The Balaban J connectivity index is 2.67. The van der Waals surface area contributed by atoms with Gasteiger partial charge in [-0.1, -0.05) is 0 Å². The smallest absolute Gasteiger partial charge is 0.221 e. The van der Waals surface area contributed by atoms with Gasteiger partial charge in [-0.2, -0.15) is 4.98 Å². The first-order chi connectivity index (χ1) is 7.69. The van der Waals surface area contributed by atoms with E-state index in [0.29, 0.717) is 31.5 Å². The molecule has 0 amide bonds. The van der Waals surface area contributed by atoms with E-state index in [2.05, 4.69) is 15.3 Å². The third kappa shape index (κ3) is 3.34. The molecule has 90 valence electrons. The summed E-state index contributed by atoms with van der Waals surface area (Å²) in [4.78, 5) is 8.51. The number of hydrogen-bond donors (Lipinski definition) is 1. The molecule has 0 spiro atoms. The van der Waals surface area contributed by atoms with Crippen molar-refractivity contribution in [3.63, 3.8) is 0 Å². The Hall–Kier alpha value is -1.36. The zero-order valence-electron chi connectivity index (χ0n) is 10.3. The van der Waals surface area contributed by atoms with Crippen LogP contribution in [0.1, 0.15) is 18.3 Å². The topological polar surface area (TPSA) is 56.3 Å². The summed E-state index contributed by atoms with van der Waals surface area (Å²) in [6.07, 6.45) is 0. The lowest BCUT2D eigenvalue weighted by molar-refractivity contribution is 0.108. The van der Waals surface area contributed by atoms with Gasteiger partial charge < -0.3 is 14.8 Å². The third-order valence-corrected chi connectivity index (χ3v) is 2.12. The SMILES string of the molecule is CCOCCOc1nc(C)nc(NC)c1C. The van der Waals surface area contributed by atoms with Crippen LogP contribution in [0.4, 0.5) is 5.82 Å². The highest BCUT2D eigenvalue weighted by atomic mass is 16.5. The van der Waals surface area contributed by atoms with Crippen molar-refractivity contribution in [2.24, 2.45) is 0 Å². The summed E-state index contributed by atoms with van der Waals surface area (Å²) < 4.78 is 10.7. The average Bonchev–Trinajstić information content (AvgIpc) is 2.28. The van der Waals surface area contributed by atoms with Gasteiger partial charge in [0.2, 0.25) is 5.88 Å². The molecule has 0 aliphatic rings. The summed E-state index contributed by atoms with van der Waals surface area (Å²) in [6, 6.07) is 0. The van der Waals surface area contributed by atoms with Crippen LogP contribution in [0, 0.1) is 13.8 Å². The minimum absolute atomic E-state index is 0.508. The molecule has 1 aromatic rings. The molecule has 1 rings (SSSR count). The molecule has 0 saturated carbocycles. The second-order valence-corrected chi connectivity index (χ2v) is 3.34. The Morgan fingerprint density at radius 2 is 1.94 bits per heavy atom. The van der Waals surface area contributed by atoms with Crippen molar-refractivity contribution >= 4 is 5.82 Å². The molecule has 0 aliphatic heterocycles. The van der Waals surface area contributed by atoms with Crippen molar-refractivity contribution in [1.82, 2.24) is 9.97 Å². The first-order valence-electron chi connectivity index (χ1n) is 5.42. The first-order valence-corrected chi connectivity index (χ1v) is 5.42. The number of aromatic nitrogens is 2. The molecule has 0 unspecified atom stereocenters. The molecule has 1 aromatic heterocycles. The molecule has 0 radical (unpaired) electrons. The Morgan fingerprint density at radius 1 is 1.19 bits per heavy atom. The molecule has 0 atom stereocenters. The van der Waals surface area contributed by atoms with Gasteiger partial charge in [-0.25, -0.2) is 4.98 Å². The lowest BCUT2D eigenvalue weighted by Gasteiger charge is -2.11. The maximum atomic E-state index is 5.55. The van der Waals surface area contributed by atoms with Crippen molar-refractivity contribution in [3.8, 4) is 5.88 Å².